The van der Waals surface area contributed by atoms with Gasteiger partial charge in [0.1, 0.15) is 5.60 Å². The topological polar surface area (TPSA) is 33.1 Å². The molecule has 0 aromatic carbocycles. The fourth-order valence-electron chi connectivity index (χ4n) is 2.26. The van der Waals surface area contributed by atoms with Gasteiger partial charge in [0.25, 0.3) is 0 Å². The first kappa shape index (κ1) is 12.1. The fourth-order valence-corrected chi connectivity index (χ4v) is 3.42. The molecule has 2 rings (SSSR count). The van der Waals surface area contributed by atoms with Crippen molar-refractivity contribution in [3.05, 3.63) is 16.1 Å². The van der Waals surface area contributed by atoms with Crippen molar-refractivity contribution in [1.29, 1.82) is 0 Å². The van der Waals surface area contributed by atoms with Gasteiger partial charge in [0.05, 0.1) is 10.7 Å². The Balaban J connectivity index is 2.08. The average molecular weight is 239 g/mol. The van der Waals surface area contributed by atoms with E-state index in [0.29, 0.717) is 5.92 Å². The molecule has 0 radical (unpaired) electrons. The first-order chi connectivity index (χ1) is 7.47. The second-order valence-electron chi connectivity index (χ2n) is 5.59. The molecule has 0 atom stereocenters. The van der Waals surface area contributed by atoms with Gasteiger partial charge in [-0.1, -0.05) is 19.8 Å². The Hall–Kier alpha value is -0.410. The van der Waals surface area contributed by atoms with Crippen LogP contribution in [0.3, 0.4) is 0 Å². The van der Waals surface area contributed by atoms with E-state index in [4.69, 9.17) is 0 Å². The van der Waals surface area contributed by atoms with Crippen molar-refractivity contribution in [1.82, 2.24) is 4.98 Å². The Morgan fingerprint density at radius 2 is 1.94 bits per heavy atom. The van der Waals surface area contributed by atoms with Crippen LogP contribution in [-0.2, 0) is 5.60 Å². The molecule has 0 bridgehead atoms. The number of hydrogen-bond acceptors (Lipinski definition) is 3. The second kappa shape index (κ2) is 4.46. The van der Waals surface area contributed by atoms with Crippen molar-refractivity contribution >= 4 is 11.3 Å². The van der Waals surface area contributed by atoms with Gasteiger partial charge in [-0.25, -0.2) is 4.98 Å². The Kier molecular flexibility index (Phi) is 3.36. The van der Waals surface area contributed by atoms with Crippen LogP contribution in [0.25, 0.3) is 0 Å². The van der Waals surface area contributed by atoms with E-state index in [0.717, 1.165) is 11.6 Å². The summed E-state index contributed by atoms with van der Waals surface area (Å²) in [5, 5.41) is 13.1. The van der Waals surface area contributed by atoms with E-state index in [1.54, 1.807) is 25.2 Å². The minimum atomic E-state index is -0.795. The minimum Gasteiger partial charge on any atom is -0.384 e. The van der Waals surface area contributed by atoms with Gasteiger partial charge in [-0.05, 0) is 32.6 Å². The number of thiazole rings is 1. The lowest BCUT2D eigenvalue weighted by Crippen LogP contribution is -2.16. The normalized spacial score (nSPS) is 27.0. The lowest BCUT2D eigenvalue weighted by Gasteiger charge is -2.24. The summed E-state index contributed by atoms with van der Waals surface area (Å²) >= 11 is 1.71. The zero-order valence-electron chi connectivity index (χ0n) is 10.4. The molecule has 1 aromatic heterocycles. The molecule has 16 heavy (non-hydrogen) atoms. The molecule has 1 fully saturated rings. The van der Waals surface area contributed by atoms with Gasteiger partial charge in [-0.2, -0.15) is 0 Å². The van der Waals surface area contributed by atoms with E-state index in [1.165, 1.54) is 30.7 Å². The Morgan fingerprint density at radius 3 is 2.44 bits per heavy atom. The van der Waals surface area contributed by atoms with Crippen LogP contribution in [0.1, 0.15) is 63.1 Å². The van der Waals surface area contributed by atoms with Crippen molar-refractivity contribution in [2.24, 2.45) is 5.92 Å². The highest BCUT2D eigenvalue weighted by atomic mass is 32.1. The SMILES string of the molecule is CC1CCC(c2nc(C(C)(C)O)cs2)CC1. The minimum absolute atomic E-state index is 0.636. The smallest absolute Gasteiger partial charge is 0.102 e. The number of aliphatic hydroxyl groups is 1. The summed E-state index contributed by atoms with van der Waals surface area (Å²) in [5.41, 5.74) is 0.0302. The summed E-state index contributed by atoms with van der Waals surface area (Å²) in [5.74, 6) is 1.52. The van der Waals surface area contributed by atoms with E-state index < -0.39 is 5.60 Å². The summed E-state index contributed by atoms with van der Waals surface area (Å²) < 4.78 is 0. The third-order valence-corrected chi connectivity index (χ3v) is 4.52. The number of nitrogens with zero attached hydrogens (tertiary/aromatic N) is 1. The van der Waals surface area contributed by atoms with Gasteiger partial charge in [-0.15, -0.1) is 11.3 Å². The molecule has 1 aliphatic carbocycles. The Labute approximate surface area is 102 Å². The first-order valence-electron chi connectivity index (χ1n) is 6.15. The summed E-state index contributed by atoms with van der Waals surface area (Å²) in [6.45, 7) is 5.93. The monoisotopic (exact) mass is 239 g/mol. The van der Waals surface area contributed by atoms with Gasteiger partial charge < -0.3 is 5.11 Å². The highest BCUT2D eigenvalue weighted by molar-refractivity contribution is 7.09. The fraction of sp³-hybridized carbons (Fsp3) is 0.769. The van der Waals surface area contributed by atoms with E-state index in [1.807, 2.05) is 5.38 Å². The van der Waals surface area contributed by atoms with Crippen LogP contribution in [0.2, 0.25) is 0 Å². The second-order valence-corrected chi connectivity index (χ2v) is 6.48. The van der Waals surface area contributed by atoms with Gasteiger partial charge in [0, 0.05) is 11.3 Å². The molecule has 1 saturated carbocycles. The largest absolute Gasteiger partial charge is 0.384 e. The van der Waals surface area contributed by atoms with Crippen molar-refractivity contribution in [3.8, 4) is 0 Å². The van der Waals surface area contributed by atoms with Crippen molar-refractivity contribution < 1.29 is 5.11 Å². The Bertz CT molecular complexity index is 345. The highest BCUT2D eigenvalue weighted by Crippen LogP contribution is 2.37. The van der Waals surface area contributed by atoms with Crippen LogP contribution in [0, 0.1) is 5.92 Å². The molecule has 0 unspecified atom stereocenters. The van der Waals surface area contributed by atoms with Crippen LogP contribution in [0.15, 0.2) is 5.38 Å². The zero-order chi connectivity index (χ0) is 11.8. The van der Waals surface area contributed by atoms with Crippen LogP contribution in [0.4, 0.5) is 0 Å². The van der Waals surface area contributed by atoms with E-state index in [9.17, 15) is 5.11 Å². The number of rotatable bonds is 2. The molecule has 90 valence electrons. The summed E-state index contributed by atoms with van der Waals surface area (Å²) in [4.78, 5) is 4.60. The van der Waals surface area contributed by atoms with Gasteiger partial charge in [-0.3, -0.25) is 0 Å². The van der Waals surface area contributed by atoms with Gasteiger partial charge in [0.15, 0.2) is 0 Å². The predicted molar refractivity (Wildman–Crippen MR) is 67.7 cm³/mol. The molecule has 1 heterocycles. The maximum absolute atomic E-state index is 9.89. The van der Waals surface area contributed by atoms with Crippen LogP contribution < -0.4 is 0 Å². The lowest BCUT2D eigenvalue weighted by atomic mass is 9.83. The molecule has 0 aliphatic heterocycles. The molecule has 2 nitrogen and oxygen atoms in total. The van der Waals surface area contributed by atoms with Gasteiger partial charge in [0.2, 0.25) is 0 Å². The third kappa shape index (κ3) is 2.64. The van der Waals surface area contributed by atoms with Crippen molar-refractivity contribution in [3.63, 3.8) is 0 Å². The molecule has 1 N–H and O–H groups in total. The predicted octanol–water partition coefficient (Wildman–Crippen LogP) is 3.66. The molecule has 1 aromatic rings. The van der Waals surface area contributed by atoms with Crippen LogP contribution in [0.5, 0.6) is 0 Å². The van der Waals surface area contributed by atoms with Crippen molar-refractivity contribution in [2.45, 2.75) is 58.0 Å². The summed E-state index contributed by atoms with van der Waals surface area (Å²) in [6, 6.07) is 0. The number of hydrogen-bond donors (Lipinski definition) is 1. The van der Waals surface area contributed by atoms with E-state index >= 15 is 0 Å². The van der Waals surface area contributed by atoms with E-state index in [-0.39, 0.29) is 0 Å². The Morgan fingerprint density at radius 1 is 1.31 bits per heavy atom. The quantitative estimate of drug-likeness (QED) is 0.854. The molecular weight excluding hydrogens is 218 g/mol. The molecule has 3 heteroatoms. The summed E-state index contributed by atoms with van der Waals surface area (Å²) in [7, 11) is 0. The molecule has 0 saturated heterocycles. The maximum atomic E-state index is 9.89. The summed E-state index contributed by atoms with van der Waals surface area (Å²) in [6.07, 6.45) is 5.17. The number of aromatic nitrogens is 1. The lowest BCUT2D eigenvalue weighted by molar-refractivity contribution is 0.0742. The van der Waals surface area contributed by atoms with Crippen molar-refractivity contribution in [2.75, 3.05) is 0 Å². The molecule has 0 spiro atoms. The highest BCUT2D eigenvalue weighted by Gasteiger charge is 2.25. The zero-order valence-corrected chi connectivity index (χ0v) is 11.2. The van der Waals surface area contributed by atoms with Crippen LogP contribution >= 0.6 is 11.3 Å². The van der Waals surface area contributed by atoms with Crippen LogP contribution in [-0.4, -0.2) is 10.1 Å². The van der Waals surface area contributed by atoms with Gasteiger partial charge >= 0.3 is 0 Å². The average Bonchev–Trinajstić information content (AvgIpc) is 2.67. The third-order valence-electron chi connectivity index (χ3n) is 3.51. The molecular formula is C13H21NOS. The van der Waals surface area contributed by atoms with E-state index in [2.05, 4.69) is 11.9 Å². The first-order valence-corrected chi connectivity index (χ1v) is 7.03. The maximum Gasteiger partial charge on any atom is 0.102 e. The molecule has 0 amide bonds. The standard InChI is InChI=1S/C13H21NOS/c1-9-4-6-10(7-5-9)12-14-11(8-16-12)13(2,3)15/h8-10,15H,4-7H2,1-3H3. The molecule has 1 aliphatic rings.